The van der Waals surface area contributed by atoms with Gasteiger partial charge in [-0.1, -0.05) is 11.8 Å². The Morgan fingerprint density at radius 3 is 2.40 bits per heavy atom. The molecule has 0 aliphatic carbocycles. The van der Waals surface area contributed by atoms with Crippen LogP contribution in [0, 0.1) is 5.82 Å². The molecule has 0 amide bonds. The normalized spacial score (nSPS) is 10.3. The summed E-state index contributed by atoms with van der Waals surface area (Å²) in [5.74, 6) is -0.235. The Hall–Kier alpha value is -0.940. The van der Waals surface area contributed by atoms with Gasteiger partial charge in [-0.2, -0.15) is 0 Å². The standard InChI is InChI=1S/C10H6BrFN2S/c11-9-5-14-10(6-13-9)15-8-3-1-7(12)2-4-8/h1-6H. The lowest BCUT2D eigenvalue weighted by atomic mass is 10.4. The Balaban J connectivity index is 2.15. The first-order chi connectivity index (χ1) is 7.24. The van der Waals surface area contributed by atoms with Crippen molar-refractivity contribution >= 4 is 27.7 Å². The van der Waals surface area contributed by atoms with Crippen LogP contribution in [0.5, 0.6) is 0 Å². The Morgan fingerprint density at radius 2 is 1.80 bits per heavy atom. The third-order valence-corrected chi connectivity index (χ3v) is 2.97. The molecule has 0 radical (unpaired) electrons. The number of aromatic nitrogens is 2. The summed E-state index contributed by atoms with van der Waals surface area (Å²) in [5, 5.41) is 0.782. The van der Waals surface area contributed by atoms with Crippen molar-refractivity contribution in [2.45, 2.75) is 9.92 Å². The molecule has 2 nitrogen and oxygen atoms in total. The van der Waals surface area contributed by atoms with Crippen LogP contribution < -0.4 is 0 Å². The average molecular weight is 285 g/mol. The van der Waals surface area contributed by atoms with Crippen molar-refractivity contribution in [2.24, 2.45) is 0 Å². The fourth-order valence-corrected chi connectivity index (χ4v) is 1.91. The van der Waals surface area contributed by atoms with Crippen molar-refractivity contribution < 1.29 is 4.39 Å². The summed E-state index contributed by atoms with van der Waals surface area (Å²) in [6.07, 6.45) is 3.30. The Bertz CT molecular complexity index is 400. The van der Waals surface area contributed by atoms with E-state index in [0.717, 1.165) is 9.92 Å². The molecule has 2 aromatic rings. The van der Waals surface area contributed by atoms with Crippen LogP contribution in [0.3, 0.4) is 0 Å². The number of rotatable bonds is 2. The molecular formula is C10H6BrFN2S. The first-order valence-electron chi connectivity index (χ1n) is 4.15. The van der Waals surface area contributed by atoms with E-state index in [-0.39, 0.29) is 5.82 Å². The van der Waals surface area contributed by atoms with Gasteiger partial charge >= 0.3 is 0 Å². The molecule has 0 unspecified atom stereocenters. The number of hydrogen-bond donors (Lipinski definition) is 0. The van der Waals surface area contributed by atoms with Crippen LogP contribution in [0.15, 0.2) is 51.2 Å². The minimum absolute atomic E-state index is 0.235. The van der Waals surface area contributed by atoms with Gasteiger partial charge in [0.2, 0.25) is 0 Å². The van der Waals surface area contributed by atoms with Gasteiger partial charge in [0.15, 0.2) is 0 Å². The third-order valence-electron chi connectivity index (χ3n) is 1.63. The summed E-state index contributed by atoms with van der Waals surface area (Å²) in [7, 11) is 0. The smallest absolute Gasteiger partial charge is 0.124 e. The Kier molecular flexibility index (Phi) is 3.33. The molecule has 0 saturated carbocycles. The van der Waals surface area contributed by atoms with E-state index in [1.54, 1.807) is 24.5 Å². The van der Waals surface area contributed by atoms with E-state index in [2.05, 4.69) is 25.9 Å². The van der Waals surface area contributed by atoms with E-state index < -0.39 is 0 Å². The molecule has 5 heteroatoms. The van der Waals surface area contributed by atoms with Gasteiger partial charge in [0.1, 0.15) is 15.4 Å². The van der Waals surface area contributed by atoms with E-state index in [1.807, 2.05) is 0 Å². The van der Waals surface area contributed by atoms with Gasteiger partial charge < -0.3 is 0 Å². The van der Waals surface area contributed by atoms with Crippen LogP contribution in [0.2, 0.25) is 0 Å². The first kappa shape index (κ1) is 10.6. The highest BCUT2D eigenvalue weighted by molar-refractivity contribution is 9.10. The Morgan fingerprint density at radius 1 is 1.07 bits per heavy atom. The van der Waals surface area contributed by atoms with Crippen LogP contribution in [0.25, 0.3) is 0 Å². The quantitative estimate of drug-likeness (QED) is 0.844. The number of hydrogen-bond acceptors (Lipinski definition) is 3. The van der Waals surface area contributed by atoms with Gasteiger partial charge in [0.05, 0.1) is 12.4 Å². The average Bonchev–Trinajstić information content (AvgIpc) is 2.25. The molecule has 0 bridgehead atoms. The second-order valence-electron chi connectivity index (χ2n) is 2.73. The summed E-state index contributed by atoms with van der Waals surface area (Å²) in [5.41, 5.74) is 0. The van der Waals surface area contributed by atoms with E-state index in [4.69, 9.17) is 0 Å². The minimum Gasteiger partial charge on any atom is -0.245 e. The maximum absolute atomic E-state index is 12.6. The number of nitrogens with zero attached hydrogens (tertiary/aromatic N) is 2. The lowest BCUT2D eigenvalue weighted by Crippen LogP contribution is -1.83. The van der Waals surface area contributed by atoms with Crippen LogP contribution in [0.1, 0.15) is 0 Å². The van der Waals surface area contributed by atoms with Gasteiger partial charge in [-0.15, -0.1) is 0 Å². The highest BCUT2D eigenvalue weighted by atomic mass is 79.9. The second kappa shape index (κ2) is 4.72. The third kappa shape index (κ3) is 3.00. The zero-order chi connectivity index (χ0) is 10.7. The van der Waals surface area contributed by atoms with Crippen molar-refractivity contribution in [3.8, 4) is 0 Å². The molecule has 1 aromatic carbocycles. The molecule has 0 atom stereocenters. The molecular weight excluding hydrogens is 279 g/mol. The monoisotopic (exact) mass is 284 g/mol. The van der Waals surface area contributed by atoms with Crippen molar-refractivity contribution in [1.82, 2.24) is 9.97 Å². The lowest BCUT2D eigenvalue weighted by Gasteiger charge is -1.99. The van der Waals surface area contributed by atoms with E-state index in [9.17, 15) is 4.39 Å². The molecule has 15 heavy (non-hydrogen) atoms. The predicted octanol–water partition coefficient (Wildman–Crippen LogP) is 3.53. The SMILES string of the molecule is Fc1ccc(Sc2cnc(Br)cn2)cc1. The van der Waals surface area contributed by atoms with Crippen LogP contribution in [-0.2, 0) is 0 Å². The molecule has 0 fully saturated rings. The summed E-state index contributed by atoms with van der Waals surface area (Å²) in [6, 6.07) is 6.27. The number of benzene rings is 1. The van der Waals surface area contributed by atoms with E-state index >= 15 is 0 Å². The second-order valence-corrected chi connectivity index (χ2v) is 4.64. The van der Waals surface area contributed by atoms with Crippen LogP contribution in [-0.4, -0.2) is 9.97 Å². The molecule has 76 valence electrons. The van der Waals surface area contributed by atoms with Gasteiger partial charge in [0.25, 0.3) is 0 Å². The lowest BCUT2D eigenvalue weighted by molar-refractivity contribution is 0.626. The van der Waals surface area contributed by atoms with Crippen molar-refractivity contribution in [3.63, 3.8) is 0 Å². The maximum Gasteiger partial charge on any atom is 0.124 e. The van der Waals surface area contributed by atoms with Crippen molar-refractivity contribution in [2.75, 3.05) is 0 Å². The summed E-state index contributed by atoms with van der Waals surface area (Å²) >= 11 is 4.65. The molecule has 2 rings (SSSR count). The van der Waals surface area contributed by atoms with E-state index in [1.165, 1.54) is 23.9 Å². The van der Waals surface area contributed by atoms with Crippen LogP contribution in [0.4, 0.5) is 4.39 Å². The molecule has 0 aliphatic heterocycles. The first-order valence-corrected chi connectivity index (χ1v) is 5.76. The summed E-state index contributed by atoms with van der Waals surface area (Å²) in [4.78, 5) is 9.15. The predicted molar refractivity (Wildman–Crippen MR) is 60.3 cm³/mol. The topological polar surface area (TPSA) is 25.8 Å². The molecule has 0 saturated heterocycles. The highest BCUT2D eigenvalue weighted by Crippen LogP contribution is 2.25. The summed E-state index contributed by atoms with van der Waals surface area (Å²) < 4.78 is 13.3. The molecule has 0 spiro atoms. The Labute approximate surface area is 99.1 Å². The molecule has 0 N–H and O–H groups in total. The zero-order valence-electron chi connectivity index (χ0n) is 7.52. The molecule has 0 aliphatic rings. The summed E-state index contributed by atoms with van der Waals surface area (Å²) in [6.45, 7) is 0. The van der Waals surface area contributed by atoms with Crippen LogP contribution >= 0.6 is 27.7 Å². The van der Waals surface area contributed by atoms with E-state index in [0.29, 0.717) is 4.60 Å². The largest absolute Gasteiger partial charge is 0.245 e. The minimum atomic E-state index is -0.235. The van der Waals surface area contributed by atoms with Gasteiger partial charge in [-0.3, -0.25) is 0 Å². The van der Waals surface area contributed by atoms with Crippen molar-refractivity contribution in [1.29, 1.82) is 0 Å². The van der Waals surface area contributed by atoms with Crippen molar-refractivity contribution in [3.05, 3.63) is 47.1 Å². The molecule has 1 heterocycles. The van der Waals surface area contributed by atoms with Gasteiger partial charge in [-0.25, -0.2) is 14.4 Å². The fourth-order valence-electron chi connectivity index (χ4n) is 0.977. The maximum atomic E-state index is 12.6. The van der Waals surface area contributed by atoms with Gasteiger partial charge in [-0.05, 0) is 40.2 Å². The van der Waals surface area contributed by atoms with Gasteiger partial charge in [0, 0.05) is 4.90 Å². The number of halogens is 2. The highest BCUT2D eigenvalue weighted by Gasteiger charge is 1.99. The zero-order valence-corrected chi connectivity index (χ0v) is 9.93. The molecule has 1 aromatic heterocycles. The fraction of sp³-hybridized carbons (Fsp3) is 0.